The first kappa shape index (κ1) is 22.3. The molecule has 5 rings (SSSR count). The molecule has 1 fully saturated rings. The highest BCUT2D eigenvalue weighted by Gasteiger charge is 2.55. The molecule has 0 heterocycles. The molecule has 0 bridgehead atoms. The molecule has 1 N–H and O–H groups in total. The molecule has 0 aromatic heterocycles. The van der Waals surface area contributed by atoms with E-state index in [2.05, 4.69) is 39.0 Å². The minimum absolute atomic E-state index is 0.152. The second-order valence-electron chi connectivity index (χ2n) is 10.6. The number of rotatable bonds is 5. The zero-order valence-electron chi connectivity index (χ0n) is 19.7. The summed E-state index contributed by atoms with van der Waals surface area (Å²) >= 11 is 0. The lowest BCUT2D eigenvalue weighted by Crippen LogP contribution is -2.44. The van der Waals surface area contributed by atoms with Gasteiger partial charge in [0.05, 0.1) is 5.60 Å². The van der Waals surface area contributed by atoms with Crippen molar-refractivity contribution in [3.8, 4) is 0 Å². The fourth-order valence-corrected chi connectivity index (χ4v) is 6.26. The van der Waals surface area contributed by atoms with Crippen molar-refractivity contribution in [1.29, 1.82) is 0 Å². The lowest BCUT2D eigenvalue weighted by atomic mass is 9.64. The van der Waals surface area contributed by atoms with Gasteiger partial charge in [-0.3, -0.25) is 0 Å². The van der Waals surface area contributed by atoms with E-state index >= 15 is 0 Å². The fraction of sp³-hybridized carbons (Fsp3) is 0.400. The van der Waals surface area contributed by atoms with E-state index in [1.165, 1.54) is 34.9 Å². The van der Waals surface area contributed by atoms with Gasteiger partial charge >= 0.3 is 0 Å². The molecule has 0 aliphatic heterocycles. The zero-order chi connectivity index (χ0) is 23.4. The van der Waals surface area contributed by atoms with Crippen LogP contribution in [0.2, 0.25) is 0 Å². The van der Waals surface area contributed by atoms with Crippen molar-refractivity contribution in [1.82, 2.24) is 0 Å². The third-order valence-electron chi connectivity index (χ3n) is 8.38. The van der Waals surface area contributed by atoms with Gasteiger partial charge in [0.1, 0.15) is 11.6 Å². The Labute approximate surface area is 195 Å². The van der Waals surface area contributed by atoms with E-state index in [0.29, 0.717) is 6.42 Å². The highest BCUT2D eigenvalue weighted by atomic mass is 19.1. The van der Waals surface area contributed by atoms with Crippen LogP contribution in [-0.2, 0) is 6.42 Å². The maximum absolute atomic E-state index is 13.8. The van der Waals surface area contributed by atoms with Crippen molar-refractivity contribution in [2.24, 2.45) is 5.41 Å². The number of hydrogen-bond acceptors (Lipinski definition) is 1. The number of fused-ring (bicyclic) bond motifs is 1. The monoisotopic (exact) mass is 446 g/mol. The van der Waals surface area contributed by atoms with Crippen molar-refractivity contribution in [2.45, 2.75) is 70.3 Å². The van der Waals surface area contributed by atoms with Crippen LogP contribution < -0.4 is 0 Å². The maximum atomic E-state index is 13.8. The molecule has 3 atom stereocenters. The molecule has 3 heteroatoms. The predicted molar refractivity (Wildman–Crippen MR) is 129 cm³/mol. The second kappa shape index (κ2) is 8.06. The van der Waals surface area contributed by atoms with Crippen molar-refractivity contribution in [3.05, 3.63) is 106 Å². The van der Waals surface area contributed by atoms with E-state index in [4.69, 9.17) is 0 Å². The first-order valence-electron chi connectivity index (χ1n) is 12.1. The van der Waals surface area contributed by atoms with Gasteiger partial charge in [0.2, 0.25) is 0 Å². The highest BCUT2D eigenvalue weighted by Crippen LogP contribution is 2.60. The largest absolute Gasteiger partial charge is 0.389 e. The standard InChI is InChI=1S/C30H32F2O/c1-19(2)27-17-25(32)10-6-21(27)12-14-30(33)15-13-23-16-28-22(18-29(23,30)3)7-11-26(28)20-4-8-24(31)9-5-20/h4-11,16-17,19,26,33H,12-15,18H2,1-3H3/t26?,29?,30-/m0/s1. The van der Waals surface area contributed by atoms with Crippen LogP contribution in [-0.4, -0.2) is 10.7 Å². The number of halogens is 2. The number of allylic oxidation sites excluding steroid dienone is 5. The van der Waals surface area contributed by atoms with E-state index in [9.17, 15) is 13.9 Å². The van der Waals surface area contributed by atoms with Crippen LogP contribution >= 0.6 is 0 Å². The Morgan fingerprint density at radius 1 is 1.06 bits per heavy atom. The minimum atomic E-state index is -0.790. The molecule has 172 valence electrons. The Morgan fingerprint density at radius 3 is 2.52 bits per heavy atom. The summed E-state index contributed by atoms with van der Waals surface area (Å²) < 4.78 is 27.2. The number of hydrogen-bond donors (Lipinski definition) is 1. The summed E-state index contributed by atoms with van der Waals surface area (Å²) in [6.07, 6.45) is 10.6. The van der Waals surface area contributed by atoms with Gasteiger partial charge in [0.25, 0.3) is 0 Å². The normalized spacial score (nSPS) is 28.3. The molecule has 2 aromatic rings. The summed E-state index contributed by atoms with van der Waals surface area (Å²) in [5, 5.41) is 11.9. The molecule has 1 nitrogen and oxygen atoms in total. The quantitative estimate of drug-likeness (QED) is 0.503. The Balaban J connectivity index is 1.39. The van der Waals surface area contributed by atoms with Gasteiger partial charge in [-0.1, -0.05) is 62.8 Å². The van der Waals surface area contributed by atoms with Crippen molar-refractivity contribution in [3.63, 3.8) is 0 Å². The van der Waals surface area contributed by atoms with Crippen molar-refractivity contribution >= 4 is 0 Å². The molecule has 3 aliphatic carbocycles. The van der Waals surface area contributed by atoms with Crippen molar-refractivity contribution in [2.75, 3.05) is 0 Å². The van der Waals surface area contributed by atoms with Crippen LogP contribution in [0.5, 0.6) is 0 Å². The average molecular weight is 447 g/mol. The fourth-order valence-electron chi connectivity index (χ4n) is 6.26. The molecule has 0 amide bonds. The summed E-state index contributed by atoms with van der Waals surface area (Å²) in [7, 11) is 0. The Hall–Kier alpha value is -2.52. The van der Waals surface area contributed by atoms with Gasteiger partial charge in [-0.15, -0.1) is 0 Å². The average Bonchev–Trinajstić information content (AvgIpc) is 3.29. The van der Waals surface area contributed by atoms with Crippen molar-refractivity contribution < 1.29 is 13.9 Å². The minimum Gasteiger partial charge on any atom is -0.389 e. The number of aliphatic hydroxyl groups is 1. The first-order valence-corrected chi connectivity index (χ1v) is 12.1. The van der Waals surface area contributed by atoms with Gasteiger partial charge in [-0.05, 0) is 90.1 Å². The van der Waals surface area contributed by atoms with E-state index in [1.54, 1.807) is 6.07 Å². The van der Waals surface area contributed by atoms with Crippen LogP contribution in [0.3, 0.4) is 0 Å². The lowest BCUT2D eigenvalue weighted by molar-refractivity contribution is -0.0462. The topological polar surface area (TPSA) is 20.2 Å². The van der Waals surface area contributed by atoms with Crippen LogP contribution in [0.1, 0.15) is 75.0 Å². The summed E-state index contributed by atoms with van der Waals surface area (Å²) in [6.45, 7) is 6.39. The third kappa shape index (κ3) is 3.71. The molecule has 33 heavy (non-hydrogen) atoms. The molecule has 0 radical (unpaired) electrons. The summed E-state index contributed by atoms with van der Waals surface area (Å²) in [6, 6.07) is 11.8. The van der Waals surface area contributed by atoms with Gasteiger partial charge in [-0.25, -0.2) is 8.78 Å². The van der Waals surface area contributed by atoms with Gasteiger partial charge in [0, 0.05) is 11.3 Å². The molecular formula is C30H32F2O. The molecule has 2 unspecified atom stereocenters. The van der Waals surface area contributed by atoms with Crippen LogP contribution in [0.25, 0.3) is 0 Å². The predicted octanol–water partition coefficient (Wildman–Crippen LogP) is 7.53. The highest BCUT2D eigenvalue weighted by molar-refractivity contribution is 5.56. The second-order valence-corrected chi connectivity index (χ2v) is 10.6. The Morgan fingerprint density at radius 2 is 1.79 bits per heavy atom. The van der Waals surface area contributed by atoms with E-state index in [-0.39, 0.29) is 28.9 Å². The van der Waals surface area contributed by atoms with Gasteiger partial charge in [-0.2, -0.15) is 0 Å². The van der Waals surface area contributed by atoms with Gasteiger partial charge < -0.3 is 5.11 Å². The smallest absolute Gasteiger partial charge is 0.123 e. The zero-order valence-corrected chi connectivity index (χ0v) is 19.7. The molecular weight excluding hydrogens is 414 g/mol. The van der Waals surface area contributed by atoms with Gasteiger partial charge in [0.15, 0.2) is 0 Å². The SMILES string of the molecule is CC(C)c1cc(F)ccc1CC[C@]1(O)CCC2=CC3=C(C=CC3c3ccc(F)cc3)CC21C. The van der Waals surface area contributed by atoms with Crippen LogP contribution in [0.4, 0.5) is 8.78 Å². The number of aryl methyl sites for hydroxylation is 1. The maximum Gasteiger partial charge on any atom is 0.123 e. The molecule has 1 saturated carbocycles. The molecule has 0 spiro atoms. The van der Waals surface area contributed by atoms with E-state index < -0.39 is 5.60 Å². The van der Waals surface area contributed by atoms with E-state index in [0.717, 1.165) is 42.4 Å². The molecule has 0 saturated heterocycles. The van der Waals surface area contributed by atoms with Crippen LogP contribution in [0, 0.1) is 17.0 Å². The summed E-state index contributed by atoms with van der Waals surface area (Å²) in [4.78, 5) is 0. The lowest BCUT2D eigenvalue weighted by Gasteiger charge is -2.43. The third-order valence-corrected chi connectivity index (χ3v) is 8.38. The van der Waals surface area contributed by atoms with E-state index in [1.807, 2.05) is 18.2 Å². The Kier molecular flexibility index (Phi) is 5.44. The van der Waals surface area contributed by atoms with Crippen LogP contribution in [0.15, 0.2) is 77.4 Å². The Bertz CT molecular complexity index is 1170. The molecule has 2 aromatic carbocycles. The first-order chi connectivity index (χ1) is 15.7. The summed E-state index contributed by atoms with van der Waals surface area (Å²) in [5.74, 6) is -0.0182. The summed E-state index contributed by atoms with van der Waals surface area (Å²) in [5.41, 5.74) is 6.07. The molecule has 3 aliphatic rings. The number of benzene rings is 2.